The van der Waals surface area contributed by atoms with E-state index >= 15 is 0 Å². The zero-order valence-electron chi connectivity index (χ0n) is 8.85. The number of carbonyl (C=O) groups is 1. The number of carbonyl (C=O) groups excluding carboxylic acids is 1. The van der Waals surface area contributed by atoms with Gasteiger partial charge in [-0.2, -0.15) is 0 Å². The van der Waals surface area contributed by atoms with Gasteiger partial charge in [0.1, 0.15) is 0 Å². The van der Waals surface area contributed by atoms with E-state index in [1.165, 1.54) is 12.7 Å². The Morgan fingerprint density at radius 3 is 3.20 bits per heavy atom. The molecule has 0 spiro atoms. The molecule has 2 unspecified atom stereocenters. The van der Waals surface area contributed by atoms with Gasteiger partial charge in [0.05, 0.1) is 13.0 Å². The molecule has 1 heterocycles. The minimum absolute atomic E-state index is 0.0498. The van der Waals surface area contributed by atoms with Crippen LogP contribution in [0.25, 0.3) is 0 Å². The molecule has 1 fully saturated rings. The normalized spacial score (nSPS) is 23.5. The molecule has 0 bridgehead atoms. The zero-order valence-corrected chi connectivity index (χ0v) is 8.85. The molecule has 1 saturated carbocycles. The smallest absolute Gasteiger partial charge is 0.308 e. The molecule has 15 heavy (non-hydrogen) atoms. The average Bonchev–Trinajstić information content (AvgIpc) is 3.06. The van der Waals surface area contributed by atoms with Crippen molar-refractivity contribution in [3.63, 3.8) is 0 Å². The number of nitrogens with zero attached hydrogens (tertiary/aromatic N) is 1. The molecule has 2 rings (SSSR count). The maximum atomic E-state index is 11.2. The first kappa shape index (κ1) is 10.1. The standard InChI is InChI=1S/C12H15NO2/c1-15-12(14)11-7-10(11)5-4-9-3-2-6-13-8-9/h2-3,6,8,10-11H,4-5,7H2,1H3. The molecule has 2 atom stereocenters. The number of pyridine rings is 1. The molecule has 0 amide bonds. The summed E-state index contributed by atoms with van der Waals surface area (Å²) in [5.41, 5.74) is 1.24. The summed E-state index contributed by atoms with van der Waals surface area (Å²) in [7, 11) is 1.46. The van der Waals surface area contributed by atoms with E-state index in [4.69, 9.17) is 4.74 Å². The first-order chi connectivity index (χ1) is 7.31. The van der Waals surface area contributed by atoms with Crippen molar-refractivity contribution < 1.29 is 9.53 Å². The summed E-state index contributed by atoms with van der Waals surface area (Å²) in [4.78, 5) is 15.2. The summed E-state index contributed by atoms with van der Waals surface area (Å²) in [6.45, 7) is 0. The van der Waals surface area contributed by atoms with E-state index in [1.54, 1.807) is 6.20 Å². The summed E-state index contributed by atoms with van der Waals surface area (Å²) in [5, 5.41) is 0. The Bertz CT molecular complexity index is 337. The molecule has 0 aliphatic heterocycles. The van der Waals surface area contributed by atoms with E-state index in [1.807, 2.05) is 12.3 Å². The van der Waals surface area contributed by atoms with E-state index in [0.29, 0.717) is 5.92 Å². The Labute approximate surface area is 89.5 Å². The molecule has 3 nitrogen and oxygen atoms in total. The summed E-state index contributed by atoms with van der Waals surface area (Å²) in [6.07, 6.45) is 6.72. The van der Waals surface area contributed by atoms with E-state index in [2.05, 4.69) is 11.1 Å². The number of rotatable bonds is 4. The van der Waals surface area contributed by atoms with Crippen molar-refractivity contribution in [1.82, 2.24) is 4.98 Å². The van der Waals surface area contributed by atoms with Gasteiger partial charge in [-0.25, -0.2) is 0 Å². The van der Waals surface area contributed by atoms with Gasteiger partial charge < -0.3 is 4.74 Å². The molecule has 80 valence electrons. The first-order valence-electron chi connectivity index (χ1n) is 5.28. The highest BCUT2D eigenvalue weighted by Gasteiger charge is 2.43. The molecule has 1 aromatic heterocycles. The molecule has 1 aliphatic carbocycles. The van der Waals surface area contributed by atoms with E-state index in [-0.39, 0.29) is 11.9 Å². The third-order valence-corrected chi connectivity index (χ3v) is 2.95. The van der Waals surface area contributed by atoms with Crippen molar-refractivity contribution in [3.8, 4) is 0 Å². The number of methoxy groups -OCH3 is 1. The van der Waals surface area contributed by atoms with Crippen molar-refractivity contribution in [2.45, 2.75) is 19.3 Å². The predicted octanol–water partition coefficient (Wildman–Crippen LogP) is 1.82. The van der Waals surface area contributed by atoms with Gasteiger partial charge in [0.15, 0.2) is 0 Å². The molecular weight excluding hydrogens is 190 g/mol. The fourth-order valence-electron chi connectivity index (χ4n) is 1.90. The zero-order chi connectivity index (χ0) is 10.7. The van der Waals surface area contributed by atoms with Crippen LogP contribution in [-0.4, -0.2) is 18.1 Å². The summed E-state index contributed by atoms with van der Waals surface area (Å²) in [6, 6.07) is 4.02. The molecule has 0 radical (unpaired) electrons. The number of hydrogen-bond acceptors (Lipinski definition) is 3. The number of aromatic nitrogens is 1. The van der Waals surface area contributed by atoms with Crippen LogP contribution in [0.2, 0.25) is 0 Å². The SMILES string of the molecule is COC(=O)C1CC1CCc1cccnc1. The Balaban J connectivity index is 1.75. The topological polar surface area (TPSA) is 39.2 Å². The van der Waals surface area contributed by atoms with Crippen molar-refractivity contribution in [2.24, 2.45) is 11.8 Å². The lowest BCUT2D eigenvalue weighted by Crippen LogP contribution is -2.04. The second kappa shape index (κ2) is 4.43. The summed E-state index contributed by atoms with van der Waals surface area (Å²) >= 11 is 0. The van der Waals surface area contributed by atoms with Gasteiger partial charge in [0.25, 0.3) is 0 Å². The summed E-state index contributed by atoms with van der Waals surface area (Å²) < 4.78 is 4.71. The number of esters is 1. The Morgan fingerprint density at radius 2 is 2.53 bits per heavy atom. The Hall–Kier alpha value is -1.38. The second-order valence-electron chi connectivity index (χ2n) is 4.03. The summed E-state index contributed by atoms with van der Waals surface area (Å²) in [5.74, 6) is 0.635. The van der Waals surface area contributed by atoms with Gasteiger partial charge in [-0.1, -0.05) is 6.07 Å². The van der Waals surface area contributed by atoms with Crippen LogP contribution >= 0.6 is 0 Å². The van der Waals surface area contributed by atoms with Gasteiger partial charge in [0, 0.05) is 12.4 Å². The molecular formula is C12H15NO2. The largest absolute Gasteiger partial charge is 0.469 e. The van der Waals surface area contributed by atoms with Crippen LogP contribution in [-0.2, 0) is 16.0 Å². The lowest BCUT2D eigenvalue weighted by Gasteiger charge is -1.99. The second-order valence-corrected chi connectivity index (χ2v) is 4.03. The van der Waals surface area contributed by atoms with Crippen LogP contribution < -0.4 is 0 Å². The average molecular weight is 205 g/mol. The van der Waals surface area contributed by atoms with Crippen molar-refractivity contribution in [2.75, 3.05) is 7.11 Å². The molecule has 0 saturated heterocycles. The van der Waals surface area contributed by atoms with Crippen LogP contribution in [0.1, 0.15) is 18.4 Å². The van der Waals surface area contributed by atoms with Gasteiger partial charge in [-0.3, -0.25) is 9.78 Å². The monoisotopic (exact) mass is 205 g/mol. The fourth-order valence-corrected chi connectivity index (χ4v) is 1.90. The third-order valence-electron chi connectivity index (χ3n) is 2.95. The highest BCUT2D eigenvalue weighted by Crippen LogP contribution is 2.42. The van der Waals surface area contributed by atoms with Crippen molar-refractivity contribution in [1.29, 1.82) is 0 Å². The quantitative estimate of drug-likeness (QED) is 0.704. The number of ether oxygens (including phenoxy) is 1. The van der Waals surface area contributed by atoms with Gasteiger partial charge in [-0.15, -0.1) is 0 Å². The van der Waals surface area contributed by atoms with E-state index in [0.717, 1.165) is 19.3 Å². The van der Waals surface area contributed by atoms with E-state index in [9.17, 15) is 4.79 Å². The maximum Gasteiger partial charge on any atom is 0.308 e. The van der Waals surface area contributed by atoms with Crippen molar-refractivity contribution in [3.05, 3.63) is 30.1 Å². The Morgan fingerprint density at radius 1 is 1.67 bits per heavy atom. The first-order valence-corrected chi connectivity index (χ1v) is 5.28. The fraction of sp³-hybridized carbons (Fsp3) is 0.500. The molecule has 0 N–H and O–H groups in total. The highest BCUT2D eigenvalue weighted by atomic mass is 16.5. The van der Waals surface area contributed by atoms with Crippen LogP contribution in [0.4, 0.5) is 0 Å². The lowest BCUT2D eigenvalue weighted by atomic mass is 10.1. The molecule has 1 aromatic rings. The lowest BCUT2D eigenvalue weighted by molar-refractivity contribution is -0.142. The molecule has 1 aliphatic rings. The molecule has 3 heteroatoms. The highest BCUT2D eigenvalue weighted by molar-refractivity contribution is 5.75. The van der Waals surface area contributed by atoms with Gasteiger partial charge >= 0.3 is 5.97 Å². The van der Waals surface area contributed by atoms with Crippen LogP contribution in [0.5, 0.6) is 0 Å². The minimum atomic E-state index is -0.0498. The Kier molecular flexibility index (Phi) is 2.99. The van der Waals surface area contributed by atoms with Crippen LogP contribution in [0.3, 0.4) is 0 Å². The minimum Gasteiger partial charge on any atom is -0.469 e. The number of hydrogen-bond donors (Lipinski definition) is 0. The van der Waals surface area contributed by atoms with Gasteiger partial charge in [0.2, 0.25) is 0 Å². The maximum absolute atomic E-state index is 11.2. The van der Waals surface area contributed by atoms with Crippen LogP contribution in [0, 0.1) is 11.8 Å². The predicted molar refractivity (Wildman–Crippen MR) is 56.2 cm³/mol. The van der Waals surface area contributed by atoms with Crippen molar-refractivity contribution >= 4 is 5.97 Å². The van der Waals surface area contributed by atoms with Crippen LogP contribution in [0.15, 0.2) is 24.5 Å². The van der Waals surface area contributed by atoms with E-state index < -0.39 is 0 Å². The molecule has 0 aromatic carbocycles. The number of aryl methyl sites for hydroxylation is 1. The van der Waals surface area contributed by atoms with Gasteiger partial charge in [-0.05, 0) is 36.8 Å². The third kappa shape index (κ3) is 2.55.